The maximum atomic E-state index is 5.47. The van der Waals surface area contributed by atoms with Gasteiger partial charge in [-0.25, -0.2) is 0 Å². The fourth-order valence-electron chi connectivity index (χ4n) is 1.45. The van der Waals surface area contributed by atoms with Crippen molar-refractivity contribution in [3.8, 4) is 0 Å². The van der Waals surface area contributed by atoms with E-state index in [0.717, 1.165) is 31.6 Å². The van der Waals surface area contributed by atoms with Gasteiger partial charge in [0, 0.05) is 24.5 Å². The second kappa shape index (κ2) is 8.21. The maximum Gasteiger partial charge on any atom is 0.0633 e. The molecule has 0 fully saturated rings. The van der Waals surface area contributed by atoms with Crippen molar-refractivity contribution in [1.29, 1.82) is 0 Å². The van der Waals surface area contributed by atoms with E-state index in [1.807, 2.05) is 24.4 Å². The van der Waals surface area contributed by atoms with Crippen molar-refractivity contribution in [2.45, 2.75) is 32.2 Å². The van der Waals surface area contributed by atoms with E-state index in [2.05, 4.69) is 17.3 Å². The van der Waals surface area contributed by atoms with Gasteiger partial charge in [-0.1, -0.05) is 13.0 Å². The lowest BCUT2D eigenvalue weighted by atomic mass is 10.1. The van der Waals surface area contributed by atoms with Crippen LogP contribution in [0.3, 0.4) is 0 Å². The second-order valence-corrected chi connectivity index (χ2v) is 3.80. The van der Waals surface area contributed by atoms with Gasteiger partial charge in [0.1, 0.15) is 0 Å². The number of hydrogen-bond acceptors (Lipinski definition) is 4. The molecule has 0 saturated carbocycles. The predicted octanol–water partition coefficient (Wildman–Crippen LogP) is 1.27. The fourth-order valence-corrected chi connectivity index (χ4v) is 1.45. The first-order valence-corrected chi connectivity index (χ1v) is 5.80. The van der Waals surface area contributed by atoms with Gasteiger partial charge in [-0.3, -0.25) is 16.3 Å². The van der Waals surface area contributed by atoms with Crippen LogP contribution in [0, 0.1) is 0 Å². The molecule has 1 atom stereocenters. The van der Waals surface area contributed by atoms with E-state index in [0.29, 0.717) is 6.61 Å². The van der Waals surface area contributed by atoms with Gasteiger partial charge in [-0.2, -0.15) is 0 Å². The third-order valence-electron chi connectivity index (χ3n) is 2.38. The molecule has 3 N–H and O–H groups in total. The Hall–Kier alpha value is -0.970. The number of nitrogens with zero attached hydrogens (tertiary/aromatic N) is 1. The summed E-state index contributed by atoms with van der Waals surface area (Å²) < 4.78 is 5.46. The number of aryl methyl sites for hydroxylation is 1. The summed E-state index contributed by atoms with van der Waals surface area (Å²) in [6.07, 6.45) is 4.72. The molecule has 0 aromatic carbocycles. The van der Waals surface area contributed by atoms with Gasteiger partial charge in [0.25, 0.3) is 0 Å². The summed E-state index contributed by atoms with van der Waals surface area (Å²) >= 11 is 0. The largest absolute Gasteiger partial charge is 0.380 e. The Kier molecular flexibility index (Phi) is 6.72. The van der Waals surface area contributed by atoms with E-state index in [4.69, 9.17) is 10.6 Å². The lowest BCUT2D eigenvalue weighted by molar-refractivity contribution is 0.109. The summed E-state index contributed by atoms with van der Waals surface area (Å²) in [6.45, 7) is 3.55. The van der Waals surface area contributed by atoms with Crippen LogP contribution < -0.4 is 11.3 Å². The number of nitrogens with one attached hydrogen (secondary N) is 1. The monoisotopic (exact) mass is 223 g/mol. The Morgan fingerprint density at radius 2 is 2.38 bits per heavy atom. The molecule has 0 aliphatic carbocycles. The van der Waals surface area contributed by atoms with Gasteiger partial charge < -0.3 is 4.74 Å². The summed E-state index contributed by atoms with van der Waals surface area (Å²) in [7, 11) is 0. The van der Waals surface area contributed by atoms with Crippen LogP contribution in [-0.4, -0.2) is 24.2 Å². The first kappa shape index (κ1) is 13.1. The molecule has 0 saturated heterocycles. The minimum absolute atomic E-state index is 0.202. The summed E-state index contributed by atoms with van der Waals surface area (Å²) in [5.41, 5.74) is 3.87. The highest BCUT2D eigenvalue weighted by molar-refractivity contribution is 5.03. The van der Waals surface area contributed by atoms with Crippen molar-refractivity contribution in [2.75, 3.05) is 13.2 Å². The molecule has 1 unspecified atom stereocenters. The third-order valence-corrected chi connectivity index (χ3v) is 2.38. The molecule has 90 valence electrons. The SMILES string of the molecule is CCCOCC(CCc1ccccn1)NN. The van der Waals surface area contributed by atoms with Crippen LogP contribution in [0.5, 0.6) is 0 Å². The van der Waals surface area contributed by atoms with Gasteiger partial charge in [0.2, 0.25) is 0 Å². The molecule has 0 spiro atoms. The van der Waals surface area contributed by atoms with Gasteiger partial charge in [0.15, 0.2) is 0 Å². The Morgan fingerprint density at radius 1 is 1.50 bits per heavy atom. The first-order valence-electron chi connectivity index (χ1n) is 5.80. The standard InChI is InChI=1S/C12H21N3O/c1-2-9-16-10-12(15-13)7-6-11-5-3-4-8-14-11/h3-5,8,12,15H,2,6-7,9-10,13H2,1H3. The highest BCUT2D eigenvalue weighted by Crippen LogP contribution is 2.02. The minimum atomic E-state index is 0.202. The zero-order valence-corrected chi connectivity index (χ0v) is 9.86. The topological polar surface area (TPSA) is 60.2 Å². The maximum absolute atomic E-state index is 5.47. The zero-order valence-electron chi connectivity index (χ0n) is 9.86. The normalized spacial score (nSPS) is 12.6. The first-order chi connectivity index (χ1) is 7.86. The fraction of sp³-hybridized carbons (Fsp3) is 0.583. The number of hydrazine groups is 1. The van der Waals surface area contributed by atoms with E-state index in [1.165, 1.54) is 0 Å². The number of hydrogen-bond donors (Lipinski definition) is 2. The molecule has 0 amide bonds. The second-order valence-electron chi connectivity index (χ2n) is 3.80. The Labute approximate surface area is 97.2 Å². The molecule has 1 aromatic rings. The van der Waals surface area contributed by atoms with Crippen LogP contribution in [-0.2, 0) is 11.2 Å². The lowest BCUT2D eigenvalue weighted by Gasteiger charge is -2.15. The Bertz CT molecular complexity index is 266. The number of aromatic nitrogens is 1. The molecule has 0 aliphatic rings. The summed E-state index contributed by atoms with van der Waals surface area (Å²) in [5, 5.41) is 0. The van der Waals surface area contributed by atoms with E-state index in [9.17, 15) is 0 Å². The highest BCUT2D eigenvalue weighted by Gasteiger charge is 2.06. The quantitative estimate of drug-likeness (QED) is 0.396. The predicted molar refractivity (Wildman–Crippen MR) is 64.8 cm³/mol. The Morgan fingerprint density at radius 3 is 3.00 bits per heavy atom. The lowest BCUT2D eigenvalue weighted by Crippen LogP contribution is -2.39. The van der Waals surface area contributed by atoms with Crippen molar-refractivity contribution in [2.24, 2.45) is 5.84 Å². The van der Waals surface area contributed by atoms with Crippen LogP contribution in [0.15, 0.2) is 24.4 Å². The molecule has 4 heteroatoms. The molecule has 0 aliphatic heterocycles. The van der Waals surface area contributed by atoms with E-state index in [1.54, 1.807) is 0 Å². The van der Waals surface area contributed by atoms with Crippen LogP contribution in [0.1, 0.15) is 25.5 Å². The number of nitrogens with two attached hydrogens (primary N) is 1. The molecule has 4 nitrogen and oxygen atoms in total. The van der Waals surface area contributed by atoms with E-state index in [-0.39, 0.29) is 6.04 Å². The van der Waals surface area contributed by atoms with Gasteiger partial charge in [-0.15, -0.1) is 0 Å². The van der Waals surface area contributed by atoms with Crippen molar-refractivity contribution >= 4 is 0 Å². The molecular formula is C12H21N3O. The van der Waals surface area contributed by atoms with Crippen LogP contribution in [0.25, 0.3) is 0 Å². The highest BCUT2D eigenvalue weighted by atomic mass is 16.5. The molecule has 1 rings (SSSR count). The van der Waals surface area contributed by atoms with Crippen molar-refractivity contribution in [3.05, 3.63) is 30.1 Å². The molecule has 0 radical (unpaired) electrons. The molecule has 1 aromatic heterocycles. The third kappa shape index (κ3) is 5.21. The summed E-state index contributed by atoms with van der Waals surface area (Å²) in [5.74, 6) is 5.47. The molecule has 0 bridgehead atoms. The average molecular weight is 223 g/mol. The van der Waals surface area contributed by atoms with Crippen LogP contribution >= 0.6 is 0 Å². The Balaban J connectivity index is 2.23. The smallest absolute Gasteiger partial charge is 0.0633 e. The van der Waals surface area contributed by atoms with Gasteiger partial charge in [-0.05, 0) is 31.4 Å². The van der Waals surface area contributed by atoms with Crippen molar-refractivity contribution in [1.82, 2.24) is 10.4 Å². The average Bonchev–Trinajstić information content (AvgIpc) is 2.35. The molecular weight excluding hydrogens is 202 g/mol. The van der Waals surface area contributed by atoms with Gasteiger partial charge in [0.05, 0.1) is 6.61 Å². The van der Waals surface area contributed by atoms with E-state index >= 15 is 0 Å². The molecule has 1 heterocycles. The zero-order chi connectivity index (χ0) is 11.6. The number of rotatable bonds is 8. The van der Waals surface area contributed by atoms with Crippen LogP contribution in [0.4, 0.5) is 0 Å². The number of ether oxygens (including phenoxy) is 1. The van der Waals surface area contributed by atoms with Gasteiger partial charge >= 0.3 is 0 Å². The van der Waals surface area contributed by atoms with E-state index < -0.39 is 0 Å². The van der Waals surface area contributed by atoms with Crippen molar-refractivity contribution < 1.29 is 4.74 Å². The number of pyridine rings is 1. The summed E-state index contributed by atoms with van der Waals surface area (Å²) in [6, 6.07) is 6.15. The van der Waals surface area contributed by atoms with Crippen molar-refractivity contribution in [3.63, 3.8) is 0 Å². The molecule has 16 heavy (non-hydrogen) atoms. The minimum Gasteiger partial charge on any atom is -0.380 e. The van der Waals surface area contributed by atoms with Crippen LogP contribution in [0.2, 0.25) is 0 Å². The summed E-state index contributed by atoms with van der Waals surface area (Å²) in [4.78, 5) is 4.27.